The highest BCUT2D eigenvalue weighted by molar-refractivity contribution is 6.33. The van der Waals surface area contributed by atoms with Crippen molar-refractivity contribution in [2.24, 2.45) is 0 Å². The molecule has 1 atom stereocenters. The second-order valence-electron chi connectivity index (χ2n) is 4.13. The highest BCUT2D eigenvalue weighted by atomic mass is 35.5. The van der Waals surface area contributed by atoms with E-state index in [-0.39, 0.29) is 0 Å². The zero-order valence-corrected chi connectivity index (χ0v) is 12.3. The molecular formula is C15H13Cl2NO2. The quantitative estimate of drug-likeness (QED) is 0.855. The first kappa shape index (κ1) is 14.7. The van der Waals surface area contributed by atoms with Crippen LogP contribution in [0.3, 0.4) is 0 Å². The number of hydrogen-bond acceptors (Lipinski definition) is 3. The predicted octanol–water partition coefficient (Wildman–Crippen LogP) is 4.32. The number of methoxy groups -OCH3 is 1. The predicted molar refractivity (Wildman–Crippen MR) is 81.3 cm³/mol. The lowest BCUT2D eigenvalue weighted by atomic mass is 10.1. The Hall–Kier alpha value is -1.71. The summed E-state index contributed by atoms with van der Waals surface area (Å²) in [6, 6.07) is 13.6. The molecule has 104 valence electrons. The number of hydrogen-bond donors (Lipinski definition) is 1. The lowest BCUT2D eigenvalue weighted by Crippen LogP contribution is -2.22. The van der Waals surface area contributed by atoms with Gasteiger partial charge >= 0.3 is 5.97 Å². The van der Waals surface area contributed by atoms with Crippen molar-refractivity contribution in [2.45, 2.75) is 6.04 Å². The zero-order chi connectivity index (χ0) is 14.5. The minimum absolute atomic E-state index is 0.396. The molecule has 0 aliphatic rings. The SMILES string of the molecule is COC(=O)C(Nc1ccccc1Cl)c1ccc(Cl)cc1. The van der Waals surface area contributed by atoms with Gasteiger partial charge in [-0.3, -0.25) is 0 Å². The topological polar surface area (TPSA) is 38.3 Å². The smallest absolute Gasteiger partial charge is 0.332 e. The lowest BCUT2D eigenvalue weighted by molar-refractivity contribution is -0.141. The molecule has 2 aromatic carbocycles. The van der Waals surface area contributed by atoms with Crippen LogP contribution in [0.1, 0.15) is 11.6 Å². The Morgan fingerprint density at radius 3 is 2.35 bits per heavy atom. The van der Waals surface area contributed by atoms with E-state index in [2.05, 4.69) is 5.32 Å². The molecule has 0 aromatic heterocycles. The number of carbonyl (C=O) groups excluding carboxylic acids is 1. The van der Waals surface area contributed by atoms with E-state index in [9.17, 15) is 4.79 Å². The van der Waals surface area contributed by atoms with Crippen LogP contribution in [0.15, 0.2) is 48.5 Å². The van der Waals surface area contributed by atoms with E-state index in [1.54, 1.807) is 36.4 Å². The Kier molecular flexibility index (Phi) is 4.88. The molecule has 0 bridgehead atoms. The number of esters is 1. The fourth-order valence-electron chi connectivity index (χ4n) is 1.79. The van der Waals surface area contributed by atoms with Gasteiger partial charge in [-0.05, 0) is 29.8 Å². The van der Waals surface area contributed by atoms with Crippen LogP contribution in [0.2, 0.25) is 10.0 Å². The van der Waals surface area contributed by atoms with E-state index < -0.39 is 12.0 Å². The minimum Gasteiger partial charge on any atom is -0.467 e. The molecule has 0 spiro atoms. The largest absolute Gasteiger partial charge is 0.467 e. The van der Waals surface area contributed by atoms with E-state index in [1.165, 1.54) is 7.11 Å². The second-order valence-corrected chi connectivity index (χ2v) is 4.98. The zero-order valence-electron chi connectivity index (χ0n) is 10.8. The standard InChI is InChI=1S/C15H13Cl2NO2/c1-20-15(19)14(10-6-8-11(16)9-7-10)18-13-5-3-2-4-12(13)17/h2-9,14,18H,1H3. The van der Waals surface area contributed by atoms with Crippen molar-refractivity contribution in [3.05, 3.63) is 64.1 Å². The van der Waals surface area contributed by atoms with Gasteiger partial charge in [0, 0.05) is 5.02 Å². The molecule has 0 amide bonds. The van der Waals surface area contributed by atoms with Gasteiger partial charge < -0.3 is 10.1 Å². The maximum atomic E-state index is 12.0. The van der Waals surface area contributed by atoms with Gasteiger partial charge in [-0.2, -0.15) is 0 Å². The van der Waals surface area contributed by atoms with E-state index in [0.717, 1.165) is 5.56 Å². The summed E-state index contributed by atoms with van der Waals surface area (Å²) in [5.41, 5.74) is 1.42. The number of nitrogens with one attached hydrogen (secondary N) is 1. The van der Waals surface area contributed by atoms with Gasteiger partial charge in [0.1, 0.15) is 0 Å². The first-order chi connectivity index (χ1) is 9.61. The van der Waals surface area contributed by atoms with Crippen molar-refractivity contribution in [3.8, 4) is 0 Å². The van der Waals surface area contributed by atoms with Crippen LogP contribution >= 0.6 is 23.2 Å². The normalized spacial score (nSPS) is 11.8. The first-order valence-corrected chi connectivity index (χ1v) is 6.72. The van der Waals surface area contributed by atoms with Crippen LogP contribution in [-0.4, -0.2) is 13.1 Å². The maximum Gasteiger partial charge on any atom is 0.332 e. The number of rotatable bonds is 4. The minimum atomic E-state index is -0.642. The lowest BCUT2D eigenvalue weighted by Gasteiger charge is -2.19. The number of halogens is 2. The van der Waals surface area contributed by atoms with Crippen LogP contribution in [0.25, 0.3) is 0 Å². The van der Waals surface area contributed by atoms with Crippen LogP contribution in [-0.2, 0) is 9.53 Å². The van der Waals surface area contributed by atoms with E-state index >= 15 is 0 Å². The van der Waals surface area contributed by atoms with E-state index in [4.69, 9.17) is 27.9 Å². The van der Waals surface area contributed by atoms with Gasteiger partial charge in [0.05, 0.1) is 17.8 Å². The number of benzene rings is 2. The summed E-state index contributed by atoms with van der Waals surface area (Å²) in [6.07, 6.45) is 0. The average molecular weight is 310 g/mol. The molecule has 0 heterocycles. The van der Waals surface area contributed by atoms with Crippen molar-refractivity contribution < 1.29 is 9.53 Å². The van der Waals surface area contributed by atoms with Gasteiger partial charge in [-0.25, -0.2) is 4.79 Å². The van der Waals surface area contributed by atoms with Gasteiger partial charge in [0.2, 0.25) is 0 Å². The maximum absolute atomic E-state index is 12.0. The number of anilines is 1. The van der Waals surface area contributed by atoms with E-state index in [1.807, 2.05) is 12.1 Å². The molecule has 1 N–H and O–H groups in total. The summed E-state index contributed by atoms with van der Waals surface area (Å²) in [5, 5.41) is 4.23. The number of para-hydroxylation sites is 1. The molecule has 1 unspecified atom stereocenters. The summed E-state index contributed by atoms with van der Waals surface area (Å²) < 4.78 is 4.83. The van der Waals surface area contributed by atoms with Crippen LogP contribution in [0, 0.1) is 0 Å². The summed E-state index contributed by atoms with van der Waals surface area (Å²) in [4.78, 5) is 12.0. The third-order valence-corrected chi connectivity index (χ3v) is 3.40. The molecule has 0 saturated heterocycles. The molecule has 0 aliphatic carbocycles. The second kappa shape index (κ2) is 6.64. The average Bonchev–Trinajstić information content (AvgIpc) is 2.47. The summed E-state index contributed by atoms with van der Waals surface area (Å²) >= 11 is 12.0. The Bertz CT molecular complexity index is 599. The Morgan fingerprint density at radius 2 is 1.75 bits per heavy atom. The Morgan fingerprint density at radius 1 is 1.10 bits per heavy atom. The van der Waals surface area contributed by atoms with Gasteiger partial charge in [0.15, 0.2) is 6.04 Å². The molecule has 2 aromatic rings. The molecule has 0 radical (unpaired) electrons. The Balaban J connectivity index is 2.31. The molecule has 0 saturated carbocycles. The highest BCUT2D eigenvalue weighted by Gasteiger charge is 2.21. The third-order valence-electron chi connectivity index (χ3n) is 2.81. The molecule has 0 fully saturated rings. The number of carbonyl (C=O) groups is 1. The molecule has 3 nitrogen and oxygen atoms in total. The third kappa shape index (κ3) is 3.44. The van der Waals surface area contributed by atoms with Gasteiger partial charge in [-0.1, -0.05) is 47.5 Å². The molecule has 0 aliphatic heterocycles. The summed E-state index contributed by atoms with van der Waals surface area (Å²) in [6.45, 7) is 0. The van der Waals surface area contributed by atoms with Crippen molar-refractivity contribution in [1.82, 2.24) is 0 Å². The molecule has 2 rings (SSSR count). The van der Waals surface area contributed by atoms with Crippen LogP contribution < -0.4 is 5.32 Å². The molecule has 5 heteroatoms. The molecule has 20 heavy (non-hydrogen) atoms. The Labute approximate surface area is 127 Å². The monoisotopic (exact) mass is 309 g/mol. The van der Waals surface area contributed by atoms with Gasteiger partial charge in [0.25, 0.3) is 0 Å². The van der Waals surface area contributed by atoms with Crippen molar-refractivity contribution in [1.29, 1.82) is 0 Å². The summed E-state index contributed by atoms with van der Waals surface area (Å²) in [7, 11) is 1.35. The highest BCUT2D eigenvalue weighted by Crippen LogP contribution is 2.27. The molecular weight excluding hydrogens is 297 g/mol. The first-order valence-electron chi connectivity index (χ1n) is 5.96. The van der Waals surface area contributed by atoms with Crippen molar-refractivity contribution in [2.75, 3.05) is 12.4 Å². The fraction of sp³-hybridized carbons (Fsp3) is 0.133. The van der Waals surface area contributed by atoms with Crippen molar-refractivity contribution >= 4 is 34.9 Å². The van der Waals surface area contributed by atoms with Crippen LogP contribution in [0.4, 0.5) is 5.69 Å². The van der Waals surface area contributed by atoms with Crippen molar-refractivity contribution in [3.63, 3.8) is 0 Å². The summed E-state index contributed by atoms with van der Waals surface area (Å²) in [5.74, 6) is -0.396. The number of ether oxygens (including phenoxy) is 1. The van der Waals surface area contributed by atoms with Crippen LogP contribution in [0.5, 0.6) is 0 Å². The van der Waals surface area contributed by atoms with Gasteiger partial charge in [-0.15, -0.1) is 0 Å². The van der Waals surface area contributed by atoms with E-state index in [0.29, 0.717) is 15.7 Å². The fourth-order valence-corrected chi connectivity index (χ4v) is 2.10.